The van der Waals surface area contributed by atoms with Crippen LogP contribution >= 0.6 is 0 Å². The molecule has 1 aliphatic heterocycles. The van der Waals surface area contributed by atoms with Gasteiger partial charge in [0.15, 0.2) is 0 Å². The van der Waals surface area contributed by atoms with Crippen molar-refractivity contribution in [2.45, 2.75) is 33.7 Å². The van der Waals surface area contributed by atoms with Crippen molar-refractivity contribution in [3.63, 3.8) is 0 Å². The van der Waals surface area contributed by atoms with E-state index in [1.165, 1.54) is 0 Å². The van der Waals surface area contributed by atoms with E-state index in [4.69, 9.17) is 4.74 Å². The number of ether oxygens (including phenoxy) is 1. The van der Waals surface area contributed by atoms with Crippen LogP contribution in [-0.2, 0) is 4.74 Å². The summed E-state index contributed by atoms with van der Waals surface area (Å²) >= 11 is 0. The number of hydrogen-bond acceptors (Lipinski definition) is 6. The molecule has 1 aliphatic rings. The van der Waals surface area contributed by atoms with Crippen LogP contribution < -0.4 is 0 Å². The van der Waals surface area contributed by atoms with Crippen LogP contribution in [0.2, 0.25) is 0 Å². The van der Waals surface area contributed by atoms with Gasteiger partial charge in [0.05, 0.1) is 12.3 Å². The van der Waals surface area contributed by atoms with Gasteiger partial charge in [-0.3, -0.25) is 9.59 Å². The van der Waals surface area contributed by atoms with Gasteiger partial charge in [0.1, 0.15) is 17.1 Å². The Hall–Kier alpha value is -4.07. The Morgan fingerprint density at radius 2 is 1.64 bits per heavy atom. The number of nitrogens with zero attached hydrogens (tertiary/aromatic N) is 4. The molecule has 8 heteroatoms. The lowest BCUT2D eigenvalue weighted by atomic mass is 10.0. The maximum atomic E-state index is 13.7. The van der Waals surface area contributed by atoms with E-state index in [1.807, 2.05) is 68.4 Å². The molecule has 1 aromatic heterocycles. The Balaban J connectivity index is 1.63. The second-order valence-corrected chi connectivity index (χ2v) is 8.89. The molecule has 1 unspecified atom stereocenters. The van der Waals surface area contributed by atoms with E-state index < -0.39 is 5.97 Å². The van der Waals surface area contributed by atoms with Crippen LogP contribution in [0.15, 0.2) is 54.6 Å². The summed E-state index contributed by atoms with van der Waals surface area (Å²) in [7, 11) is 0. The minimum absolute atomic E-state index is 0.0188. The zero-order valence-corrected chi connectivity index (χ0v) is 21.0. The smallest absolute Gasteiger partial charge is 0.342 e. The number of amides is 2. The van der Waals surface area contributed by atoms with Gasteiger partial charge in [0.2, 0.25) is 0 Å². The lowest BCUT2D eigenvalue weighted by molar-refractivity contribution is 0.0406. The number of carbonyl (C=O) groups is 3. The first-order valence-corrected chi connectivity index (χ1v) is 12.1. The first-order valence-electron chi connectivity index (χ1n) is 12.1. The highest BCUT2D eigenvalue weighted by molar-refractivity contribution is 6.07. The molecule has 1 saturated heterocycles. The van der Waals surface area contributed by atoms with E-state index in [1.54, 1.807) is 23.6 Å². The average molecular weight is 487 g/mol. The van der Waals surface area contributed by atoms with Crippen molar-refractivity contribution in [1.29, 1.82) is 0 Å². The third-order valence-corrected chi connectivity index (χ3v) is 6.22. The normalized spacial score (nSPS) is 15.5. The highest BCUT2D eigenvalue weighted by Crippen LogP contribution is 2.26. The zero-order valence-electron chi connectivity index (χ0n) is 21.0. The molecule has 0 aliphatic carbocycles. The van der Waals surface area contributed by atoms with E-state index in [9.17, 15) is 14.4 Å². The van der Waals surface area contributed by atoms with Crippen LogP contribution in [-0.4, -0.2) is 69.8 Å². The molecule has 0 saturated carbocycles. The SMILES string of the molecule is CCOC(=O)c1c(C(=O)N2CCN(C(=O)c3ccc(C)cc3)C(C)C2)nc(C)nc1-c1ccccc1. The Labute approximate surface area is 210 Å². The molecule has 1 atom stereocenters. The molecule has 0 radical (unpaired) electrons. The molecule has 4 rings (SSSR count). The summed E-state index contributed by atoms with van der Waals surface area (Å²) in [5.74, 6) is -0.700. The average Bonchev–Trinajstić information content (AvgIpc) is 2.88. The molecule has 0 spiro atoms. The van der Waals surface area contributed by atoms with Crippen LogP contribution in [0.1, 0.15) is 56.4 Å². The van der Waals surface area contributed by atoms with E-state index in [2.05, 4.69) is 9.97 Å². The maximum Gasteiger partial charge on any atom is 0.342 e. The van der Waals surface area contributed by atoms with Gasteiger partial charge in [-0.15, -0.1) is 0 Å². The summed E-state index contributed by atoms with van der Waals surface area (Å²) in [6.07, 6.45) is 0. The van der Waals surface area contributed by atoms with Crippen molar-refractivity contribution < 1.29 is 19.1 Å². The number of benzene rings is 2. The first kappa shape index (κ1) is 25.0. The topological polar surface area (TPSA) is 92.7 Å². The quantitative estimate of drug-likeness (QED) is 0.508. The lowest BCUT2D eigenvalue weighted by Gasteiger charge is -2.40. The fraction of sp³-hybridized carbons (Fsp3) is 0.321. The van der Waals surface area contributed by atoms with Crippen molar-refractivity contribution in [1.82, 2.24) is 19.8 Å². The van der Waals surface area contributed by atoms with Gasteiger partial charge >= 0.3 is 5.97 Å². The van der Waals surface area contributed by atoms with Crippen molar-refractivity contribution in [2.24, 2.45) is 0 Å². The molecule has 36 heavy (non-hydrogen) atoms. The number of hydrogen-bond donors (Lipinski definition) is 0. The molecular weight excluding hydrogens is 456 g/mol. The largest absolute Gasteiger partial charge is 0.462 e. The van der Waals surface area contributed by atoms with Gasteiger partial charge < -0.3 is 14.5 Å². The summed E-state index contributed by atoms with van der Waals surface area (Å²) in [6, 6.07) is 16.5. The van der Waals surface area contributed by atoms with Crippen molar-refractivity contribution >= 4 is 17.8 Å². The number of aryl methyl sites for hydroxylation is 2. The molecule has 2 aromatic carbocycles. The predicted molar refractivity (Wildman–Crippen MR) is 136 cm³/mol. The Kier molecular flexibility index (Phi) is 7.43. The van der Waals surface area contributed by atoms with Crippen molar-refractivity contribution in [3.05, 3.63) is 82.8 Å². The van der Waals surface area contributed by atoms with E-state index in [0.717, 1.165) is 5.56 Å². The Morgan fingerprint density at radius 1 is 0.944 bits per heavy atom. The summed E-state index contributed by atoms with van der Waals surface area (Å²) in [5.41, 5.74) is 2.85. The third-order valence-electron chi connectivity index (χ3n) is 6.22. The van der Waals surface area contributed by atoms with E-state index in [-0.39, 0.29) is 35.7 Å². The summed E-state index contributed by atoms with van der Waals surface area (Å²) in [6.45, 7) is 8.48. The fourth-order valence-electron chi connectivity index (χ4n) is 4.38. The monoisotopic (exact) mass is 486 g/mol. The number of rotatable bonds is 5. The van der Waals surface area contributed by atoms with Gasteiger partial charge in [0.25, 0.3) is 11.8 Å². The van der Waals surface area contributed by atoms with E-state index in [0.29, 0.717) is 42.3 Å². The first-order chi connectivity index (χ1) is 17.3. The Morgan fingerprint density at radius 3 is 2.28 bits per heavy atom. The molecule has 1 fully saturated rings. The van der Waals surface area contributed by atoms with Crippen LogP contribution in [0.3, 0.4) is 0 Å². The molecule has 0 N–H and O–H groups in total. The van der Waals surface area contributed by atoms with Gasteiger partial charge in [-0.1, -0.05) is 48.0 Å². The molecular formula is C28H30N4O4. The lowest BCUT2D eigenvalue weighted by Crippen LogP contribution is -2.55. The van der Waals surface area contributed by atoms with Crippen molar-refractivity contribution in [3.8, 4) is 11.3 Å². The second-order valence-electron chi connectivity index (χ2n) is 8.89. The maximum absolute atomic E-state index is 13.7. The number of aromatic nitrogens is 2. The Bertz CT molecular complexity index is 1270. The molecule has 186 valence electrons. The van der Waals surface area contributed by atoms with Crippen LogP contribution in [0.25, 0.3) is 11.3 Å². The highest BCUT2D eigenvalue weighted by atomic mass is 16.5. The van der Waals surface area contributed by atoms with Crippen LogP contribution in [0, 0.1) is 13.8 Å². The van der Waals surface area contributed by atoms with Gasteiger partial charge in [-0.25, -0.2) is 14.8 Å². The van der Waals surface area contributed by atoms with E-state index >= 15 is 0 Å². The zero-order chi connectivity index (χ0) is 25.8. The third kappa shape index (κ3) is 5.12. The standard InChI is InChI=1S/C28H30N4O4/c1-5-36-28(35)23-24(21-9-7-6-8-10-21)29-20(4)30-25(23)27(34)31-15-16-32(19(3)17-31)26(33)22-13-11-18(2)12-14-22/h6-14,19H,5,15-17H2,1-4H3. The van der Waals surface area contributed by atoms with Crippen molar-refractivity contribution in [2.75, 3.05) is 26.2 Å². The molecule has 3 aromatic rings. The minimum atomic E-state index is -0.638. The summed E-state index contributed by atoms with van der Waals surface area (Å²) in [5, 5.41) is 0. The minimum Gasteiger partial charge on any atom is -0.462 e. The van der Waals surface area contributed by atoms with Crippen LogP contribution in [0.4, 0.5) is 0 Å². The predicted octanol–water partition coefficient (Wildman–Crippen LogP) is 3.92. The second kappa shape index (κ2) is 10.7. The fourth-order valence-corrected chi connectivity index (χ4v) is 4.38. The number of esters is 1. The highest BCUT2D eigenvalue weighted by Gasteiger charge is 2.34. The van der Waals surface area contributed by atoms with Gasteiger partial charge in [-0.05, 0) is 39.8 Å². The molecule has 2 heterocycles. The number of carbonyl (C=O) groups excluding carboxylic acids is 3. The van der Waals surface area contributed by atoms with Gasteiger partial charge in [0, 0.05) is 36.8 Å². The number of piperazine rings is 1. The summed E-state index contributed by atoms with van der Waals surface area (Å²) in [4.78, 5) is 52.1. The molecule has 8 nitrogen and oxygen atoms in total. The molecule has 0 bridgehead atoms. The molecule has 2 amide bonds. The van der Waals surface area contributed by atoms with Gasteiger partial charge in [-0.2, -0.15) is 0 Å². The van der Waals surface area contributed by atoms with Crippen LogP contribution in [0.5, 0.6) is 0 Å². The summed E-state index contributed by atoms with van der Waals surface area (Å²) < 4.78 is 5.29.